The van der Waals surface area contributed by atoms with Crippen molar-refractivity contribution in [3.05, 3.63) is 24.3 Å². The highest BCUT2D eigenvalue weighted by molar-refractivity contribution is 5.53. The second-order valence-electron chi connectivity index (χ2n) is 5.24. The molecule has 1 N–H and O–H groups in total. The number of pyridine rings is 1. The van der Waals surface area contributed by atoms with E-state index >= 15 is 0 Å². The van der Waals surface area contributed by atoms with E-state index in [4.69, 9.17) is 4.52 Å². The van der Waals surface area contributed by atoms with Gasteiger partial charge in [0.15, 0.2) is 5.82 Å². The average molecular weight is 273 g/mol. The Morgan fingerprint density at radius 2 is 2.05 bits per heavy atom. The lowest BCUT2D eigenvalue weighted by molar-refractivity contribution is 0.00781. The minimum atomic E-state index is 0.0915. The van der Waals surface area contributed by atoms with Crippen molar-refractivity contribution in [2.75, 3.05) is 32.7 Å². The smallest absolute Gasteiger partial charge is 0.259 e. The van der Waals surface area contributed by atoms with Crippen LogP contribution in [0.15, 0.2) is 23.0 Å². The van der Waals surface area contributed by atoms with Crippen molar-refractivity contribution in [3.8, 4) is 17.2 Å². The van der Waals surface area contributed by atoms with Crippen molar-refractivity contribution < 1.29 is 9.63 Å². The number of piperazine rings is 3. The predicted molar refractivity (Wildman–Crippen MR) is 69.9 cm³/mol. The normalized spacial score (nSPS) is 28.7. The van der Waals surface area contributed by atoms with E-state index < -0.39 is 0 Å². The lowest BCUT2D eigenvalue weighted by Gasteiger charge is -2.46. The van der Waals surface area contributed by atoms with E-state index in [-0.39, 0.29) is 11.8 Å². The molecule has 2 bridgehead atoms. The van der Waals surface area contributed by atoms with Crippen LogP contribution < -0.4 is 0 Å². The number of hydrogen-bond acceptors (Lipinski definition) is 7. The first-order chi connectivity index (χ1) is 9.79. The first-order valence-corrected chi connectivity index (χ1v) is 6.74. The van der Waals surface area contributed by atoms with Gasteiger partial charge in [0.2, 0.25) is 0 Å². The summed E-state index contributed by atoms with van der Waals surface area (Å²) in [5, 5.41) is 13.5. The van der Waals surface area contributed by atoms with Crippen LogP contribution in [0.2, 0.25) is 0 Å². The van der Waals surface area contributed by atoms with Gasteiger partial charge < -0.3 is 9.63 Å². The van der Waals surface area contributed by atoms with Crippen LogP contribution >= 0.6 is 0 Å². The van der Waals surface area contributed by atoms with E-state index in [0.29, 0.717) is 17.3 Å². The van der Waals surface area contributed by atoms with Gasteiger partial charge in [-0.25, -0.2) is 0 Å². The maximum atomic E-state index is 9.45. The molecule has 3 saturated heterocycles. The Hall–Kier alpha value is -1.99. The number of rotatable bonds is 2. The minimum Gasteiger partial charge on any atom is -0.506 e. The summed E-state index contributed by atoms with van der Waals surface area (Å²) in [6.45, 7) is 5.32. The molecule has 5 heterocycles. The van der Waals surface area contributed by atoms with Gasteiger partial charge in [0.05, 0.1) is 17.8 Å². The second-order valence-corrected chi connectivity index (χ2v) is 5.24. The zero-order valence-electron chi connectivity index (χ0n) is 10.9. The molecular weight excluding hydrogens is 258 g/mol. The fraction of sp³-hybridized carbons (Fsp3) is 0.462. The highest BCUT2D eigenvalue weighted by Gasteiger charge is 2.35. The van der Waals surface area contributed by atoms with Crippen molar-refractivity contribution in [1.82, 2.24) is 24.9 Å². The molecule has 1 unspecified atom stereocenters. The Balaban J connectivity index is 1.62. The number of aromatic nitrogens is 3. The lowest BCUT2D eigenvalue weighted by Crippen LogP contribution is -2.57. The third-order valence-electron chi connectivity index (χ3n) is 3.99. The molecule has 1 atom stereocenters. The van der Waals surface area contributed by atoms with Gasteiger partial charge in [-0.1, -0.05) is 5.16 Å². The van der Waals surface area contributed by atoms with Gasteiger partial charge in [-0.05, 0) is 6.07 Å². The van der Waals surface area contributed by atoms with E-state index in [0.717, 1.165) is 32.7 Å². The Kier molecular flexibility index (Phi) is 2.68. The molecular formula is C13H15N5O2. The third kappa shape index (κ3) is 1.95. The van der Waals surface area contributed by atoms with Crippen molar-refractivity contribution in [3.63, 3.8) is 0 Å². The highest BCUT2D eigenvalue weighted by atomic mass is 16.5. The van der Waals surface area contributed by atoms with Crippen LogP contribution in [0.4, 0.5) is 0 Å². The summed E-state index contributed by atoms with van der Waals surface area (Å²) in [4.78, 5) is 13.2. The summed E-state index contributed by atoms with van der Waals surface area (Å²) in [5.74, 6) is 1.21. The van der Waals surface area contributed by atoms with Gasteiger partial charge in [-0.15, -0.1) is 0 Å². The molecule has 3 aliphatic rings. The summed E-state index contributed by atoms with van der Waals surface area (Å²) in [6.07, 6.45) is 2.98. The molecule has 20 heavy (non-hydrogen) atoms. The summed E-state index contributed by atoms with van der Waals surface area (Å²) in [7, 11) is 0. The number of hydrogen-bond donors (Lipinski definition) is 1. The fourth-order valence-corrected chi connectivity index (χ4v) is 2.89. The molecule has 0 aromatic carbocycles. The van der Waals surface area contributed by atoms with E-state index in [2.05, 4.69) is 24.9 Å². The second kappa shape index (κ2) is 4.53. The van der Waals surface area contributed by atoms with Crippen LogP contribution in [0.1, 0.15) is 11.9 Å². The fourth-order valence-electron chi connectivity index (χ4n) is 2.89. The molecule has 7 heteroatoms. The topological polar surface area (TPSA) is 78.5 Å². The predicted octanol–water partition coefficient (Wildman–Crippen LogP) is 0.509. The zero-order valence-corrected chi connectivity index (χ0v) is 10.9. The molecule has 2 aromatic heterocycles. The first-order valence-electron chi connectivity index (χ1n) is 6.74. The molecule has 7 nitrogen and oxygen atoms in total. The summed E-state index contributed by atoms with van der Waals surface area (Å²) in [5.41, 5.74) is 0.639. The molecule has 3 fully saturated rings. The maximum absolute atomic E-state index is 9.45. The molecule has 0 radical (unpaired) electrons. The van der Waals surface area contributed by atoms with Crippen LogP contribution in [0, 0.1) is 0 Å². The Bertz CT molecular complexity index is 621. The molecule has 0 amide bonds. The largest absolute Gasteiger partial charge is 0.506 e. The van der Waals surface area contributed by atoms with E-state index in [1.807, 2.05) is 0 Å². The van der Waals surface area contributed by atoms with Gasteiger partial charge in [-0.2, -0.15) is 4.98 Å². The zero-order chi connectivity index (χ0) is 13.5. The van der Waals surface area contributed by atoms with E-state index in [9.17, 15) is 5.11 Å². The number of fused-ring (bicyclic) bond motifs is 3. The quantitative estimate of drug-likeness (QED) is 0.854. The van der Waals surface area contributed by atoms with Gasteiger partial charge in [0.1, 0.15) is 5.75 Å². The van der Waals surface area contributed by atoms with Crippen molar-refractivity contribution >= 4 is 0 Å². The van der Waals surface area contributed by atoms with Gasteiger partial charge in [-0.3, -0.25) is 14.8 Å². The average Bonchev–Trinajstić information content (AvgIpc) is 2.98. The SMILES string of the molecule is Oc1cncc(-c2nc(C3CN4CCN3CC4)no2)c1. The van der Waals surface area contributed by atoms with Crippen LogP contribution in [-0.2, 0) is 0 Å². The van der Waals surface area contributed by atoms with Crippen LogP contribution in [0.5, 0.6) is 5.75 Å². The minimum absolute atomic E-state index is 0.0915. The summed E-state index contributed by atoms with van der Waals surface area (Å²) >= 11 is 0. The standard InChI is InChI=1S/C13H15N5O2/c19-10-5-9(6-14-7-10)13-15-12(16-20-13)11-8-17-1-3-18(11)4-2-17/h5-7,11,19H,1-4,8H2. The van der Waals surface area contributed by atoms with Crippen LogP contribution in [0.25, 0.3) is 11.5 Å². The van der Waals surface area contributed by atoms with Crippen LogP contribution in [-0.4, -0.2) is 62.8 Å². The monoisotopic (exact) mass is 273 g/mol. The maximum Gasteiger partial charge on any atom is 0.259 e. The Labute approximate surface area is 115 Å². The van der Waals surface area contributed by atoms with E-state index in [1.165, 1.54) is 6.20 Å². The third-order valence-corrected chi connectivity index (χ3v) is 3.99. The summed E-state index contributed by atoms with van der Waals surface area (Å²) in [6, 6.07) is 1.78. The van der Waals surface area contributed by atoms with Crippen molar-refractivity contribution in [2.45, 2.75) is 6.04 Å². The van der Waals surface area contributed by atoms with Gasteiger partial charge >= 0.3 is 0 Å². The van der Waals surface area contributed by atoms with Crippen molar-refractivity contribution in [1.29, 1.82) is 0 Å². The number of aromatic hydroxyl groups is 1. The molecule has 0 saturated carbocycles. The van der Waals surface area contributed by atoms with Crippen LogP contribution in [0.3, 0.4) is 0 Å². The Morgan fingerprint density at radius 1 is 1.20 bits per heavy atom. The van der Waals surface area contributed by atoms with Gasteiger partial charge in [0.25, 0.3) is 5.89 Å². The number of nitrogens with zero attached hydrogens (tertiary/aromatic N) is 5. The van der Waals surface area contributed by atoms with E-state index in [1.54, 1.807) is 12.3 Å². The highest BCUT2D eigenvalue weighted by Crippen LogP contribution is 2.28. The van der Waals surface area contributed by atoms with Gasteiger partial charge in [0, 0.05) is 38.9 Å². The summed E-state index contributed by atoms with van der Waals surface area (Å²) < 4.78 is 5.31. The first kappa shape index (κ1) is 11.8. The molecule has 0 aliphatic carbocycles. The molecule has 2 aromatic rings. The molecule has 104 valence electrons. The molecule has 0 spiro atoms. The lowest BCUT2D eigenvalue weighted by atomic mass is 10.1. The Morgan fingerprint density at radius 3 is 2.75 bits per heavy atom. The molecule has 5 rings (SSSR count). The molecule has 3 aliphatic heterocycles. The van der Waals surface area contributed by atoms with Crippen molar-refractivity contribution in [2.24, 2.45) is 0 Å².